The molecule has 0 aromatic carbocycles. The Labute approximate surface area is 196 Å². The van der Waals surface area contributed by atoms with E-state index in [9.17, 15) is 9.59 Å². The van der Waals surface area contributed by atoms with Crippen molar-refractivity contribution in [2.45, 2.75) is 129 Å². The third kappa shape index (κ3) is 6.48. The van der Waals surface area contributed by atoms with Crippen LogP contribution in [0.25, 0.3) is 0 Å². The predicted molar refractivity (Wildman–Crippen MR) is 131 cm³/mol. The third-order valence-corrected chi connectivity index (χ3v) is 7.32. The maximum absolute atomic E-state index is 11.6. The zero-order valence-electron chi connectivity index (χ0n) is 22.1. The first kappa shape index (κ1) is 26.7. The van der Waals surface area contributed by atoms with Crippen LogP contribution in [0.5, 0.6) is 0 Å². The largest absolute Gasteiger partial charge is 0.353 e. The Kier molecular flexibility index (Phi) is 7.79. The van der Waals surface area contributed by atoms with Crippen LogP contribution in [0.3, 0.4) is 0 Å². The summed E-state index contributed by atoms with van der Waals surface area (Å²) in [5.41, 5.74) is -0.171. The van der Waals surface area contributed by atoms with E-state index in [4.69, 9.17) is 0 Å². The van der Waals surface area contributed by atoms with Crippen LogP contribution < -0.4 is 10.6 Å². The van der Waals surface area contributed by atoms with Crippen LogP contribution >= 0.6 is 0 Å². The molecule has 6 heteroatoms. The van der Waals surface area contributed by atoms with Gasteiger partial charge < -0.3 is 10.6 Å². The second-order valence-electron chi connectivity index (χ2n) is 12.4. The quantitative estimate of drug-likeness (QED) is 0.651. The van der Waals surface area contributed by atoms with Crippen molar-refractivity contribution >= 4 is 11.8 Å². The standard InChI is InChI=1S/C26H46N4O2/c1-19(31)27-21-15-23(3,4)29(24(5,6)16-21)13-11-12-14-30-25(7,8)17-22(28-20(2)32)18-26(30,9)10/h21-22H,13-18H2,1-10H3,(H,27,31)(H,28,32). The van der Waals surface area contributed by atoms with Crippen molar-refractivity contribution < 1.29 is 9.59 Å². The summed E-state index contributed by atoms with van der Waals surface area (Å²) in [6, 6.07) is 0.404. The van der Waals surface area contributed by atoms with E-state index in [2.05, 4.69) is 87.7 Å². The number of carbonyl (C=O) groups is 2. The van der Waals surface area contributed by atoms with Gasteiger partial charge in [0.2, 0.25) is 11.8 Å². The van der Waals surface area contributed by atoms with Gasteiger partial charge in [-0.2, -0.15) is 0 Å². The molecule has 182 valence electrons. The maximum atomic E-state index is 11.6. The maximum Gasteiger partial charge on any atom is 0.217 e. The normalized spacial score (nSPS) is 25.4. The summed E-state index contributed by atoms with van der Waals surface area (Å²) in [5, 5.41) is 6.25. The minimum atomic E-state index is -0.0429. The Morgan fingerprint density at radius 3 is 1.12 bits per heavy atom. The minimum Gasteiger partial charge on any atom is -0.353 e. The molecular weight excluding hydrogens is 400 g/mol. The van der Waals surface area contributed by atoms with Crippen LogP contribution in [0.15, 0.2) is 0 Å². The summed E-state index contributed by atoms with van der Waals surface area (Å²) in [4.78, 5) is 28.1. The predicted octanol–water partition coefficient (Wildman–Crippen LogP) is 3.31. The van der Waals surface area contributed by atoms with Gasteiger partial charge in [0, 0.05) is 48.1 Å². The van der Waals surface area contributed by atoms with E-state index < -0.39 is 0 Å². The van der Waals surface area contributed by atoms with Gasteiger partial charge in [0.05, 0.1) is 13.1 Å². The Morgan fingerprint density at radius 1 is 0.656 bits per heavy atom. The Balaban J connectivity index is 2.08. The molecule has 0 aromatic heterocycles. The molecule has 2 aliphatic rings. The molecule has 0 spiro atoms. The van der Waals surface area contributed by atoms with Crippen molar-refractivity contribution in [1.82, 2.24) is 20.4 Å². The van der Waals surface area contributed by atoms with Crippen molar-refractivity contribution in [3.8, 4) is 11.8 Å². The molecule has 2 amide bonds. The van der Waals surface area contributed by atoms with Gasteiger partial charge in [0.1, 0.15) is 0 Å². The second kappa shape index (κ2) is 9.35. The molecule has 2 N–H and O–H groups in total. The molecule has 0 aromatic rings. The highest BCUT2D eigenvalue weighted by Gasteiger charge is 2.46. The molecule has 2 heterocycles. The van der Waals surface area contributed by atoms with E-state index in [0.717, 1.165) is 38.8 Å². The van der Waals surface area contributed by atoms with Gasteiger partial charge in [-0.15, -0.1) is 0 Å². The van der Waals surface area contributed by atoms with Gasteiger partial charge in [-0.1, -0.05) is 11.8 Å². The zero-order valence-corrected chi connectivity index (χ0v) is 22.1. The highest BCUT2D eigenvalue weighted by Crippen LogP contribution is 2.39. The monoisotopic (exact) mass is 446 g/mol. The summed E-state index contributed by atoms with van der Waals surface area (Å²) in [6.45, 7) is 22.7. The second-order valence-corrected chi connectivity index (χ2v) is 12.4. The van der Waals surface area contributed by atoms with Gasteiger partial charge in [0.25, 0.3) is 0 Å². The number of piperidine rings is 2. The van der Waals surface area contributed by atoms with Gasteiger partial charge >= 0.3 is 0 Å². The first-order chi connectivity index (χ1) is 14.5. The van der Waals surface area contributed by atoms with Crippen molar-refractivity contribution in [3.05, 3.63) is 0 Å². The van der Waals surface area contributed by atoms with E-state index in [1.165, 1.54) is 0 Å². The topological polar surface area (TPSA) is 64.7 Å². The van der Waals surface area contributed by atoms with Crippen LogP contribution in [-0.2, 0) is 9.59 Å². The smallest absolute Gasteiger partial charge is 0.217 e. The summed E-state index contributed by atoms with van der Waals surface area (Å²) in [5.74, 6) is 7.02. The number of nitrogens with zero attached hydrogens (tertiary/aromatic N) is 2. The molecule has 2 rings (SSSR count). The molecular formula is C26H46N4O2. The molecule has 0 bridgehead atoms. The Morgan fingerprint density at radius 2 is 0.906 bits per heavy atom. The van der Waals surface area contributed by atoms with Crippen molar-refractivity contribution in [2.24, 2.45) is 0 Å². The minimum absolute atomic E-state index is 0.0429. The van der Waals surface area contributed by atoms with E-state index in [-0.39, 0.29) is 46.1 Å². The lowest BCUT2D eigenvalue weighted by Gasteiger charge is -2.55. The molecule has 2 fully saturated rings. The molecule has 0 saturated carbocycles. The first-order valence-corrected chi connectivity index (χ1v) is 12.0. The number of amides is 2. The molecule has 32 heavy (non-hydrogen) atoms. The molecule has 0 unspecified atom stereocenters. The van der Waals surface area contributed by atoms with E-state index in [0.29, 0.717) is 0 Å². The van der Waals surface area contributed by atoms with Crippen LogP contribution in [0.2, 0.25) is 0 Å². The fourth-order valence-corrected chi connectivity index (χ4v) is 6.54. The Hall–Kier alpha value is -1.58. The lowest BCUT2D eigenvalue weighted by Crippen LogP contribution is -2.64. The van der Waals surface area contributed by atoms with Gasteiger partial charge in [0.15, 0.2) is 0 Å². The SMILES string of the molecule is CC(=O)NC1CC(C)(C)N(CC#CCN2C(C)(C)CC(NC(C)=O)CC2(C)C)C(C)(C)C1. The summed E-state index contributed by atoms with van der Waals surface area (Å²) in [6.07, 6.45) is 3.70. The highest BCUT2D eigenvalue weighted by molar-refractivity contribution is 5.73. The third-order valence-electron chi connectivity index (χ3n) is 7.32. The molecule has 0 radical (unpaired) electrons. The molecule has 2 aliphatic heterocycles. The van der Waals surface area contributed by atoms with Gasteiger partial charge in [-0.05, 0) is 81.1 Å². The van der Waals surface area contributed by atoms with Crippen LogP contribution in [-0.4, -0.2) is 68.9 Å². The summed E-state index contributed by atoms with van der Waals surface area (Å²) in [7, 11) is 0. The molecule has 6 nitrogen and oxygen atoms in total. The fraction of sp³-hybridized carbons (Fsp3) is 0.846. The van der Waals surface area contributed by atoms with Crippen LogP contribution in [0.4, 0.5) is 0 Å². The summed E-state index contributed by atoms with van der Waals surface area (Å²) < 4.78 is 0. The number of likely N-dealkylation sites (tertiary alicyclic amines) is 2. The van der Waals surface area contributed by atoms with Crippen LogP contribution in [0, 0.1) is 11.8 Å². The van der Waals surface area contributed by atoms with E-state index >= 15 is 0 Å². The number of carbonyl (C=O) groups excluding carboxylic acids is 2. The van der Waals surface area contributed by atoms with Crippen molar-refractivity contribution in [2.75, 3.05) is 13.1 Å². The lowest BCUT2D eigenvalue weighted by atomic mass is 9.76. The zero-order chi connectivity index (χ0) is 24.5. The number of rotatable bonds is 4. The number of hydrogen-bond acceptors (Lipinski definition) is 4. The molecule has 0 atom stereocenters. The van der Waals surface area contributed by atoms with Crippen molar-refractivity contribution in [1.29, 1.82) is 0 Å². The van der Waals surface area contributed by atoms with E-state index in [1.54, 1.807) is 13.8 Å². The van der Waals surface area contributed by atoms with Gasteiger partial charge in [-0.25, -0.2) is 0 Å². The fourth-order valence-electron chi connectivity index (χ4n) is 6.54. The molecule has 0 aliphatic carbocycles. The lowest BCUT2D eigenvalue weighted by molar-refractivity contribution is -0.122. The van der Waals surface area contributed by atoms with Gasteiger partial charge in [-0.3, -0.25) is 19.4 Å². The number of nitrogens with one attached hydrogen (secondary N) is 2. The average Bonchev–Trinajstić information content (AvgIpc) is 2.51. The molecule has 2 saturated heterocycles. The number of hydrogen-bond donors (Lipinski definition) is 2. The summed E-state index contributed by atoms with van der Waals surface area (Å²) >= 11 is 0. The Bertz CT molecular complexity index is 674. The van der Waals surface area contributed by atoms with Crippen LogP contribution in [0.1, 0.15) is 94.9 Å². The highest BCUT2D eigenvalue weighted by atomic mass is 16.2. The average molecular weight is 447 g/mol. The first-order valence-electron chi connectivity index (χ1n) is 12.0. The van der Waals surface area contributed by atoms with Crippen molar-refractivity contribution in [3.63, 3.8) is 0 Å². The van der Waals surface area contributed by atoms with E-state index in [1.807, 2.05) is 0 Å².